The van der Waals surface area contributed by atoms with Gasteiger partial charge in [-0.25, -0.2) is 4.68 Å². The summed E-state index contributed by atoms with van der Waals surface area (Å²) in [6, 6.07) is 11.1. The molecule has 0 bridgehead atoms. The summed E-state index contributed by atoms with van der Waals surface area (Å²) in [5.41, 5.74) is 2.33. The van der Waals surface area contributed by atoms with Crippen LogP contribution in [0.15, 0.2) is 42.7 Å². The molecule has 1 aromatic carbocycles. The second-order valence-electron chi connectivity index (χ2n) is 5.70. The van der Waals surface area contributed by atoms with Crippen molar-refractivity contribution in [3.05, 3.63) is 48.3 Å². The molecule has 1 aromatic heterocycles. The van der Waals surface area contributed by atoms with E-state index in [1.54, 1.807) is 0 Å². The predicted octanol–water partition coefficient (Wildman–Crippen LogP) is 3.96. The number of rotatable bonds is 6. The molecule has 20 heavy (non-hydrogen) atoms. The molecule has 0 spiro atoms. The highest BCUT2D eigenvalue weighted by Crippen LogP contribution is 2.17. The molecule has 0 aliphatic rings. The van der Waals surface area contributed by atoms with Gasteiger partial charge < -0.3 is 5.32 Å². The molecule has 0 saturated carbocycles. The highest BCUT2D eigenvalue weighted by Gasteiger charge is 2.16. The van der Waals surface area contributed by atoms with E-state index in [0.717, 1.165) is 12.1 Å². The van der Waals surface area contributed by atoms with Crippen LogP contribution in [0.25, 0.3) is 5.69 Å². The van der Waals surface area contributed by atoms with Crippen molar-refractivity contribution in [2.24, 2.45) is 5.92 Å². The van der Waals surface area contributed by atoms with Crippen molar-refractivity contribution in [1.29, 1.82) is 0 Å². The van der Waals surface area contributed by atoms with Gasteiger partial charge in [-0.15, -0.1) is 0 Å². The smallest absolute Gasteiger partial charge is 0.0645 e. The van der Waals surface area contributed by atoms with Crippen molar-refractivity contribution in [2.45, 2.75) is 46.2 Å². The summed E-state index contributed by atoms with van der Waals surface area (Å²) in [7, 11) is 0. The first-order chi connectivity index (χ1) is 9.61. The molecule has 1 N–H and O–H groups in total. The van der Waals surface area contributed by atoms with Crippen LogP contribution in [0.3, 0.4) is 0 Å². The molecule has 3 nitrogen and oxygen atoms in total. The second-order valence-corrected chi connectivity index (χ2v) is 5.70. The number of nitrogens with one attached hydrogen (secondary N) is 1. The number of nitrogens with zero attached hydrogens (tertiary/aromatic N) is 2. The van der Waals surface area contributed by atoms with E-state index in [1.165, 1.54) is 5.56 Å². The van der Waals surface area contributed by atoms with Gasteiger partial charge >= 0.3 is 0 Å². The molecule has 0 saturated heterocycles. The lowest BCUT2D eigenvalue weighted by molar-refractivity contribution is 0.356. The van der Waals surface area contributed by atoms with Crippen LogP contribution in [-0.4, -0.2) is 15.8 Å². The van der Waals surface area contributed by atoms with Crippen LogP contribution in [0, 0.1) is 5.92 Å². The Balaban J connectivity index is 2.09. The standard InChI is InChI=1S/C17H25N3/c1-5-17(13(2)3)19-14(4)15-11-18-20(12-15)16-9-7-6-8-10-16/h6-14,17,19H,5H2,1-4H3. The minimum absolute atomic E-state index is 0.319. The Morgan fingerprint density at radius 2 is 1.85 bits per heavy atom. The second kappa shape index (κ2) is 6.71. The number of benzene rings is 1. The topological polar surface area (TPSA) is 29.9 Å². The highest BCUT2D eigenvalue weighted by atomic mass is 15.3. The molecule has 0 amide bonds. The highest BCUT2D eigenvalue weighted by molar-refractivity contribution is 5.31. The fraction of sp³-hybridized carbons (Fsp3) is 0.471. The van der Waals surface area contributed by atoms with Crippen molar-refractivity contribution >= 4 is 0 Å². The van der Waals surface area contributed by atoms with E-state index in [9.17, 15) is 0 Å². The lowest BCUT2D eigenvalue weighted by Crippen LogP contribution is -2.35. The quantitative estimate of drug-likeness (QED) is 0.862. The Hall–Kier alpha value is -1.61. The van der Waals surface area contributed by atoms with E-state index >= 15 is 0 Å². The lowest BCUT2D eigenvalue weighted by atomic mass is 10.00. The number of hydrogen-bond donors (Lipinski definition) is 1. The van der Waals surface area contributed by atoms with Crippen molar-refractivity contribution in [3.8, 4) is 5.69 Å². The van der Waals surface area contributed by atoms with Crippen molar-refractivity contribution in [3.63, 3.8) is 0 Å². The third kappa shape index (κ3) is 3.48. The molecule has 0 aliphatic carbocycles. The van der Waals surface area contributed by atoms with E-state index in [1.807, 2.05) is 29.1 Å². The van der Waals surface area contributed by atoms with Gasteiger partial charge in [-0.1, -0.05) is 39.0 Å². The molecule has 1 heterocycles. The number of para-hydroxylation sites is 1. The van der Waals surface area contributed by atoms with Crippen molar-refractivity contribution in [1.82, 2.24) is 15.1 Å². The van der Waals surface area contributed by atoms with Gasteiger partial charge in [-0.3, -0.25) is 0 Å². The van der Waals surface area contributed by atoms with Gasteiger partial charge in [0.1, 0.15) is 0 Å². The number of hydrogen-bond acceptors (Lipinski definition) is 2. The van der Waals surface area contributed by atoms with Gasteiger partial charge in [0.15, 0.2) is 0 Å². The lowest BCUT2D eigenvalue weighted by Gasteiger charge is -2.24. The van der Waals surface area contributed by atoms with Crippen LogP contribution in [0.1, 0.15) is 45.7 Å². The van der Waals surface area contributed by atoms with Crippen molar-refractivity contribution < 1.29 is 0 Å². The zero-order valence-corrected chi connectivity index (χ0v) is 12.9. The largest absolute Gasteiger partial charge is 0.307 e. The summed E-state index contributed by atoms with van der Waals surface area (Å²) >= 11 is 0. The van der Waals surface area contributed by atoms with Gasteiger partial charge in [0.05, 0.1) is 11.9 Å². The third-order valence-corrected chi connectivity index (χ3v) is 3.83. The van der Waals surface area contributed by atoms with Crippen LogP contribution in [0.5, 0.6) is 0 Å². The van der Waals surface area contributed by atoms with Crippen LogP contribution in [0.4, 0.5) is 0 Å². The third-order valence-electron chi connectivity index (χ3n) is 3.83. The molecule has 2 aromatic rings. The van der Waals surface area contributed by atoms with E-state index in [2.05, 4.69) is 56.4 Å². The minimum atomic E-state index is 0.319. The van der Waals surface area contributed by atoms with Crippen LogP contribution in [0.2, 0.25) is 0 Å². The molecule has 0 radical (unpaired) electrons. The summed E-state index contributed by atoms with van der Waals surface area (Å²) in [6.07, 6.45) is 5.21. The van der Waals surface area contributed by atoms with Crippen LogP contribution >= 0.6 is 0 Å². The van der Waals surface area contributed by atoms with Crippen molar-refractivity contribution in [2.75, 3.05) is 0 Å². The SMILES string of the molecule is CCC(NC(C)c1cnn(-c2ccccc2)c1)C(C)C. The first-order valence-corrected chi connectivity index (χ1v) is 7.47. The Labute approximate surface area is 122 Å². The van der Waals surface area contributed by atoms with Gasteiger partial charge in [-0.2, -0.15) is 5.10 Å². The molecule has 2 unspecified atom stereocenters. The fourth-order valence-electron chi connectivity index (χ4n) is 2.48. The zero-order valence-electron chi connectivity index (χ0n) is 12.9. The van der Waals surface area contributed by atoms with Gasteiger partial charge in [0.2, 0.25) is 0 Å². The Kier molecular flexibility index (Phi) is 4.96. The maximum absolute atomic E-state index is 4.46. The first kappa shape index (κ1) is 14.8. The van der Waals surface area contributed by atoms with Gasteiger partial charge in [0, 0.05) is 23.8 Å². The summed E-state index contributed by atoms with van der Waals surface area (Å²) in [4.78, 5) is 0. The average molecular weight is 271 g/mol. The molecule has 3 heteroatoms. The molecule has 0 fully saturated rings. The van der Waals surface area contributed by atoms with E-state index in [4.69, 9.17) is 0 Å². The first-order valence-electron chi connectivity index (χ1n) is 7.47. The maximum Gasteiger partial charge on any atom is 0.0645 e. The van der Waals surface area contributed by atoms with E-state index in [0.29, 0.717) is 18.0 Å². The predicted molar refractivity (Wildman–Crippen MR) is 84.0 cm³/mol. The summed E-state index contributed by atoms with van der Waals surface area (Å²) in [5, 5.41) is 8.16. The Bertz CT molecular complexity index is 516. The maximum atomic E-state index is 4.46. The molecular formula is C17H25N3. The molecule has 2 atom stereocenters. The fourth-order valence-corrected chi connectivity index (χ4v) is 2.48. The Morgan fingerprint density at radius 1 is 1.15 bits per heavy atom. The van der Waals surface area contributed by atoms with Crippen LogP contribution in [-0.2, 0) is 0 Å². The minimum Gasteiger partial charge on any atom is -0.307 e. The average Bonchev–Trinajstić information content (AvgIpc) is 2.95. The van der Waals surface area contributed by atoms with E-state index in [-0.39, 0.29) is 0 Å². The molecular weight excluding hydrogens is 246 g/mol. The normalized spacial score (nSPS) is 14.4. The van der Waals surface area contributed by atoms with E-state index < -0.39 is 0 Å². The monoisotopic (exact) mass is 271 g/mol. The summed E-state index contributed by atoms with van der Waals surface area (Å²) < 4.78 is 1.93. The number of aromatic nitrogens is 2. The van der Waals surface area contributed by atoms with Crippen LogP contribution < -0.4 is 5.32 Å². The molecule has 108 valence electrons. The zero-order chi connectivity index (χ0) is 14.5. The Morgan fingerprint density at radius 3 is 2.45 bits per heavy atom. The molecule has 2 rings (SSSR count). The van der Waals surface area contributed by atoms with Gasteiger partial charge in [0.25, 0.3) is 0 Å². The summed E-state index contributed by atoms with van der Waals surface area (Å²) in [6.45, 7) is 8.97. The molecule has 0 aliphatic heterocycles. The van der Waals surface area contributed by atoms with Gasteiger partial charge in [-0.05, 0) is 31.4 Å². The summed E-state index contributed by atoms with van der Waals surface area (Å²) in [5.74, 6) is 0.645.